The molecule has 1 heterocycles. The molecular formula is C8H13F3N2O2. The first-order chi connectivity index (χ1) is 6.79. The van der Waals surface area contributed by atoms with Gasteiger partial charge in [-0.3, -0.25) is 4.90 Å². The fraction of sp³-hybridized carbons (Fsp3) is 0.875. The minimum absolute atomic E-state index is 0.130. The van der Waals surface area contributed by atoms with Crippen molar-refractivity contribution in [1.29, 1.82) is 0 Å². The highest BCUT2D eigenvalue weighted by atomic mass is 19.4. The molecule has 0 spiro atoms. The Balaban J connectivity index is 2.49. The smallest absolute Gasteiger partial charge is 0.407 e. The Morgan fingerprint density at radius 1 is 1.47 bits per heavy atom. The highest BCUT2D eigenvalue weighted by Gasteiger charge is 2.35. The van der Waals surface area contributed by atoms with Gasteiger partial charge in [0.25, 0.3) is 0 Å². The lowest BCUT2D eigenvalue weighted by molar-refractivity contribution is -0.154. The molecule has 1 fully saturated rings. The third kappa shape index (κ3) is 3.58. The molecule has 1 amide bonds. The van der Waals surface area contributed by atoms with E-state index in [2.05, 4.69) is 0 Å². The molecule has 0 aromatic carbocycles. The third-order valence-corrected chi connectivity index (χ3v) is 2.42. The average molecular weight is 226 g/mol. The van der Waals surface area contributed by atoms with E-state index in [1.54, 1.807) is 6.92 Å². The van der Waals surface area contributed by atoms with Gasteiger partial charge in [0.2, 0.25) is 0 Å². The van der Waals surface area contributed by atoms with E-state index in [-0.39, 0.29) is 19.6 Å². The van der Waals surface area contributed by atoms with Crippen molar-refractivity contribution in [3.05, 3.63) is 0 Å². The van der Waals surface area contributed by atoms with Gasteiger partial charge in [-0.1, -0.05) is 0 Å². The van der Waals surface area contributed by atoms with Crippen molar-refractivity contribution in [2.75, 3.05) is 26.2 Å². The Bertz CT molecular complexity index is 245. The SMILES string of the molecule is CC1CN(C(=O)O)CCN1CC(F)(F)F. The van der Waals surface area contributed by atoms with Crippen LogP contribution in [-0.2, 0) is 0 Å². The maximum absolute atomic E-state index is 12.1. The first-order valence-electron chi connectivity index (χ1n) is 4.58. The zero-order valence-corrected chi connectivity index (χ0v) is 8.29. The lowest BCUT2D eigenvalue weighted by Gasteiger charge is -2.38. The van der Waals surface area contributed by atoms with Crippen molar-refractivity contribution < 1.29 is 23.1 Å². The molecule has 1 atom stereocenters. The van der Waals surface area contributed by atoms with Crippen LogP contribution in [0.4, 0.5) is 18.0 Å². The van der Waals surface area contributed by atoms with Crippen molar-refractivity contribution in [2.45, 2.75) is 19.1 Å². The number of carbonyl (C=O) groups is 1. The molecule has 0 aromatic heterocycles. The van der Waals surface area contributed by atoms with Crippen molar-refractivity contribution in [2.24, 2.45) is 0 Å². The predicted octanol–water partition coefficient (Wildman–Crippen LogP) is 1.23. The van der Waals surface area contributed by atoms with Crippen LogP contribution in [0.15, 0.2) is 0 Å². The van der Waals surface area contributed by atoms with Crippen LogP contribution in [0.2, 0.25) is 0 Å². The molecule has 0 saturated carbocycles. The summed E-state index contributed by atoms with van der Waals surface area (Å²) in [5, 5.41) is 8.66. The number of hydrogen-bond donors (Lipinski definition) is 1. The maximum atomic E-state index is 12.1. The molecule has 1 N–H and O–H groups in total. The van der Waals surface area contributed by atoms with Crippen LogP contribution in [0.25, 0.3) is 0 Å². The summed E-state index contributed by atoms with van der Waals surface area (Å²) in [6, 6.07) is -0.392. The normalized spacial score (nSPS) is 24.3. The molecule has 1 aliphatic heterocycles. The lowest BCUT2D eigenvalue weighted by atomic mass is 10.2. The summed E-state index contributed by atoms with van der Waals surface area (Å²) in [6.45, 7) is 1.02. The number of rotatable bonds is 1. The van der Waals surface area contributed by atoms with Gasteiger partial charge in [0.05, 0.1) is 6.54 Å². The van der Waals surface area contributed by atoms with Gasteiger partial charge < -0.3 is 10.0 Å². The predicted molar refractivity (Wildman–Crippen MR) is 46.7 cm³/mol. The van der Waals surface area contributed by atoms with Gasteiger partial charge >= 0.3 is 12.3 Å². The van der Waals surface area contributed by atoms with E-state index >= 15 is 0 Å². The standard InChI is InChI=1S/C8H13F3N2O2/c1-6-4-12(7(14)15)2-3-13(6)5-8(9,10)11/h6H,2-5H2,1H3,(H,14,15). The van der Waals surface area contributed by atoms with E-state index in [4.69, 9.17) is 5.11 Å². The largest absolute Gasteiger partial charge is 0.465 e. The van der Waals surface area contributed by atoms with E-state index in [1.807, 2.05) is 0 Å². The summed E-state index contributed by atoms with van der Waals surface area (Å²) < 4.78 is 36.3. The number of nitrogens with zero attached hydrogens (tertiary/aromatic N) is 2. The maximum Gasteiger partial charge on any atom is 0.407 e. The van der Waals surface area contributed by atoms with Gasteiger partial charge in [0.15, 0.2) is 0 Å². The Morgan fingerprint density at radius 3 is 2.47 bits per heavy atom. The van der Waals surface area contributed by atoms with Gasteiger partial charge in [-0.25, -0.2) is 4.79 Å². The third-order valence-electron chi connectivity index (χ3n) is 2.42. The topological polar surface area (TPSA) is 43.8 Å². The molecule has 7 heteroatoms. The zero-order valence-electron chi connectivity index (χ0n) is 8.29. The molecule has 1 rings (SSSR count). The highest BCUT2D eigenvalue weighted by Crippen LogP contribution is 2.20. The summed E-state index contributed by atoms with van der Waals surface area (Å²) in [6.07, 6.45) is -5.30. The van der Waals surface area contributed by atoms with Crippen molar-refractivity contribution in [3.63, 3.8) is 0 Å². The number of halogens is 3. The van der Waals surface area contributed by atoms with E-state index in [0.29, 0.717) is 0 Å². The van der Waals surface area contributed by atoms with Crippen LogP contribution in [0.1, 0.15) is 6.92 Å². The van der Waals surface area contributed by atoms with Crippen LogP contribution < -0.4 is 0 Å². The Hall–Kier alpha value is -0.980. The molecule has 1 unspecified atom stereocenters. The molecule has 0 aromatic rings. The zero-order chi connectivity index (χ0) is 11.6. The van der Waals surface area contributed by atoms with E-state index in [0.717, 1.165) is 4.90 Å². The number of hydrogen-bond acceptors (Lipinski definition) is 2. The quantitative estimate of drug-likeness (QED) is 0.731. The van der Waals surface area contributed by atoms with Crippen LogP contribution >= 0.6 is 0 Å². The summed E-state index contributed by atoms with van der Waals surface area (Å²) >= 11 is 0. The van der Waals surface area contributed by atoms with Crippen molar-refractivity contribution in [1.82, 2.24) is 9.80 Å². The molecule has 0 aliphatic carbocycles. The van der Waals surface area contributed by atoms with Gasteiger partial charge in [-0.15, -0.1) is 0 Å². The first kappa shape index (κ1) is 12.1. The molecule has 15 heavy (non-hydrogen) atoms. The van der Waals surface area contributed by atoms with E-state index in [1.165, 1.54) is 4.90 Å². The second-order valence-corrected chi connectivity index (χ2v) is 3.66. The van der Waals surface area contributed by atoms with E-state index < -0.39 is 24.9 Å². The van der Waals surface area contributed by atoms with Crippen LogP contribution in [0.5, 0.6) is 0 Å². The Kier molecular flexibility index (Phi) is 3.43. The minimum Gasteiger partial charge on any atom is -0.465 e. The molecule has 1 aliphatic rings. The first-order valence-corrected chi connectivity index (χ1v) is 4.58. The van der Waals surface area contributed by atoms with Gasteiger partial charge in [-0.2, -0.15) is 13.2 Å². The van der Waals surface area contributed by atoms with Gasteiger partial charge in [0.1, 0.15) is 0 Å². The van der Waals surface area contributed by atoms with Crippen LogP contribution in [0.3, 0.4) is 0 Å². The van der Waals surface area contributed by atoms with Crippen molar-refractivity contribution >= 4 is 6.09 Å². The van der Waals surface area contributed by atoms with Crippen molar-refractivity contribution in [3.8, 4) is 0 Å². The average Bonchev–Trinajstić information content (AvgIpc) is 2.05. The monoisotopic (exact) mass is 226 g/mol. The second-order valence-electron chi connectivity index (χ2n) is 3.66. The molecule has 88 valence electrons. The van der Waals surface area contributed by atoms with Gasteiger partial charge in [-0.05, 0) is 6.92 Å². The summed E-state index contributed by atoms with van der Waals surface area (Å²) in [5.41, 5.74) is 0. The fourth-order valence-corrected chi connectivity index (χ4v) is 1.63. The molecule has 1 saturated heterocycles. The number of amides is 1. The Labute approximate surface area is 85.3 Å². The van der Waals surface area contributed by atoms with E-state index in [9.17, 15) is 18.0 Å². The lowest BCUT2D eigenvalue weighted by Crippen LogP contribution is -2.55. The molecule has 4 nitrogen and oxygen atoms in total. The van der Waals surface area contributed by atoms with Crippen LogP contribution in [0, 0.1) is 0 Å². The number of carboxylic acid groups (broad SMARTS) is 1. The van der Waals surface area contributed by atoms with Crippen LogP contribution in [-0.4, -0.2) is 59.4 Å². The molecule has 0 radical (unpaired) electrons. The molecule has 0 bridgehead atoms. The molecular weight excluding hydrogens is 213 g/mol. The summed E-state index contributed by atoms with van der Waals surface area (Å²) in [4.78, 5) is 13.0. The Morgan fingerprint density at radius 2 is 2.07 bits per heavy atom. The highest BCUT2D eigenvalue weighted by molar-refractivity contribution is 5.65. The van der Waals surface area contributed by atoms with Gasteiger partial charge in [0, 0.05) is 25.7 Å². The summed E-state index contributed by atoms with van der Waals surface area (Å²) in [5.74, 6) is 0. The second kappa shape index (κ2) is 4.26. The fourth-order valence-electron chi connectivity index (χ4n) is 1.63. The number of piperazine rings is 1. The summed E-state index contributed by atoms with van der Waals surface area (Å²) in [7, 11) is 0. The minimum atomic E-state index is -4.22. The number of alkyl halides is 3.